The molecule has 3 aromatic carbocycles. The van der Waals surface area contributed by atoms with Crippen molar-refractivity contribution in [3.8, 4) is 17.2 Å². The van der Waals surface area contributed by atoms with Crippen LogP contribution in [0.5, 0.6) is 17.2 Å². The van der Waals surface area contributed by atoms with E-state index in [0.29, 0.717) is 28.2 Å². The largest absolute Gasteiger partial charge is 0.508 e. The number of hydrogen-bond donors (Lipinski definition) is 1. The van der Waals surface area contributed by atoms with Crippen LogP contribution in [0, 0.1) is 0 Å². The van der Waals surface area contributed by atoms with E-state index in [2.05, 4.69) is 0 Å². The number of likely N-dealkylation sites (N-methyl/N-ethyl adjacent to an activating group) is 1. The summed E-state index contributed by atoms with van der Waals surface area (Å²) in [7, 11) is 1.80. The predicted octanol–water partition coefficient (Wildman–Crippen LogP) is 3.60. The quantitative estimate of drug-likeness (QED) is 0.547. The van der Waals surface area contributed by atoms with Gasteiger partial charge in [-0.2, -0.15) is 0 Å². The number of hydrogen-bond acceptors (Lipinski definition) is 6. The fraction of sp³-hybridized carbons (Fsp3) is 0.130. The van der Waals surface area contributed by atoms with Crippen LogP contribution in [0.25, 0.3) is 0 Å². The number of nitrogens with zero attached hydrogens (tertiary/aromatic N) is 1. The van der Waals surface area contributed by atoms with E-state index in [0.717, 1.165) is 17.5 Å². The lowest BCUT2D eigenvalue weighted by Crippen LogP contribution is -2.33. The molecule has 0 bridgehead atoms. The molecule has 5 rings (SSSR count). The molecule has 6 heteroatoms. The minimum atomic E-state index is -1.16. The highest BCUT2D eigenvalue weighted by molar-refractivity contribution is 5.97. The molecule has 2 aliphatic rings. The zero-order valence-corrected chi connectivity index (χ0v) is 15.6. The molecule has 6 nitrogen and oxygen atoms in total. The van der Waals surface area contributed by atoms with Crippen LogP contribution in [-0.2, 0) is 15.1 Å². The lowest BCUT2D eigenvalue weighted by atomic mass is 9.77. The van der Waals surface area contributed by atoms with Crippen LogP contribution in [0.2, 0.25) is 0 Å². The van der Waals surface area contributed by atoms with Gasteiger partial charge in [-0.05, 0) is 30.3 Å². The van der Waals surface area contributed by atoms with E-state index in [1.165, 1.54) is 6.07 Å². The Labute approximate surface area is 166 Å². The number of carbonyl (C=O) groups excluding carboxylic acids is 2. The van der Waals surface area contributed by atoms with Crippen LogP contribution in [0.1, 0.15) is 27.0 Å². The number of fused-ring (bicyclic) bond motifs is 6. The van der Waals surface area contributed by atoms with Crippen LogP contribution in [0.3, 0.4) is 0 Å². The van der Waals surface area contributed by atoms with Crippen molar-refractivity contribution in [1.82, 2.24) is 0 Å². The van der Waals surface area contributed by atoms with E-state index in [1.54, 1.807) is 36.2 Å². The van der Waals surface area contributed by atoms with Crippen molar-refractivity contribution in [3.63, 3.8) is 0 Å². The minimum Gasteiger partial charge on any atom is -0.508 e. The number of ether oxygens (including phenoxy) is 2. The second-order valence-corrected chi connectivity index (χ2v) is 7.13. The lowest BCUT2D eigenvalue weighted by molar-refractivity contribution is -0.106. The standard InChI is InChI=1S/C23H17NO5/c1-24(10-11-25)14-6-8-18-20(12-14)28-21-13-15(26)7-9-19(21)23(18)17-5-3-2-4-16(17)22(27)29-23/h2-9,11-13,26H,10H2,1H3. The number of benzene rings is 3. The molecule has 0 aliphatic carbocycles. The van der Waals surface area contributed by atoms with E-state index in [-0.39, 0.29) is 12.3 Å². The number of esters is 1. The number of aromatic hydroxyl groups is 1. The summed E-state index contributed by atoms with van der Waals surface area (Å²) in [4.78, 5) is 25.4. The molecule has 29 heavy (non-hydrogen) atoms. The van der Waals surface area contributed by atoms with Gasteiger partial charge >= 0.3 is 5.97 Å². The first-order valence-electron chi connectivity index (χ1n) is 9.18. The first-order valence-corrected chi connectivity index (χ1v) is 9.18. The summed E-state index contributed by atoms with van der Waals surface area (Å²) in [6, 6.07) is 17.6. The van der Waals surface area contributed by atoms with Crippen molar-refractivity contribution in [2.24, 2.45) is 0 Å². The first-order chi connectivity index (χ1) is 14.0. The topological polar surface area (TPSA) is 76.1 Å². The molecule has 0 aromatic heterocycles. The Morgan fingerprint density at radius 2 is 1.72 bits per heavy atom. The van der Waals surface area contributed by atoms with Gasteiger partial charge in [-0.25, -0.2) is 4.79 Å². The van der Waals surface area contributed by atoms with Gasteiger partial charge in [-0.15, -0.1) is 0 Å². The van der Waals surface area contributed by atoms with Crippen molar-refractivity contribution in [1.29, 1.82) is 0 Å². The Morgan fingerprint density at radius 1 is 1.00 bits per heavy atom. The maximum absolute atomic E-state index is 12.7. The lowest BCUT2D eigenvalue weighted by Gasteiger charge is -2.37. The van der Waals surface area contributed by atoms with Crippen LogP contribution < -0.4 is 9.64 Å². The van der Waals surface area contributed by atoms with Crippen LogP contribution in [0.4, 0.5) is 5.69 Å². The first kappa shape index (κ1) is 17.3. The number of phenolic OH excluding ortho intramolecular Hbond substituents is 1. The van der Waals surface area contributed by atoms with Crippen LogP contribution in [-0.4, -0.2) is 31.0 Å². The predicted molar refractivity (Wildman–Crippen MR) is 106 cm³/mol. The zero-order chi connectivity index (χ0) is 20.2. The molecule has 0 fully saturated rings. The summed E-state index contributed by atoms with van der Waals surface area (Å²) in [6.45, 7) is 0.235. The van der Waals surface area contributed by atoms with Gasteiger partial charge in [0.25, 0.3) is 0 Å². The average Bonchev–Trinajstić information content (AvgIpc) is 3.01. The highest BCUT2D eigenvalue weighted by Crippen LogP contribution is 2.56. The van der Waals surface area contributed by atoms with E-state index in [9.17, 15) is 14.7 Å². The Morgan fingerprint density at radius 3 is 2.52 bits per heavy atom. The summed E-state index contributed by atoms with van der Waals surface area (Å²) in [6.07, 6.45) is 0.824. The number of phenols is 1. The third kappa shape index (κ3) is 2.35. The summed E-state index contributed by atoms with van der Waals surface area (Å²) in [5, 5.41) is 9.99. The molecule has 0 radical (unpaired) electrons. The van der Waals surface area contributed by atoms with Crippen molar-refractivity contribution < 1.29 is 24.2 Å². The molecule has 2 heterocycles. The van der Waals surface area contributed by atoms with E-state index < -0.39 is 11.6 Å². The fourth-order valence-corrected chi connectivity index (χ4v) is 4.11. The van der Waals surface area contributed by atoms with Crippen molar-refractivity contribution in [2.75, 3.05) is 18.5 Å². The van der Waals surface area contributed by atoms with Gasteiger partial charge in [-0.3, -0.25) is 0 Å². The Hall–Kier alpha value is -3.80. The van der Waals surface area contributed by atoms with Gasteiger partial charge in [0.2, 0.25) is 0 Å². The van der Waals surface area contributed by atoms with E-state index in [4.69, 9.17) is 9.47 Å². The molecule has 1 unspecified atom stereocenters. The van der Waals surface area contributed by atoms with Gasteiger partial charge in [0.1, 0.15) is 23.5 Å². The van der Waals surface area contributed by atoms with E-state index in [1.807, 2.05) is 30.3 Å². The summed E-state index contributed by atoms with van der Waals surface area (Å²) < 4.78 is 12.1. The maximum atomic E-state index is 12.7. The minimum absolute atomic E-state index is 0.0502. The molecule has 1 atom stereocenters. The number of anilines is 1. The van der Waals surface area contributed by atoms with E-state index >= 15 is 0 Å². The smallest absolute Gasteiger partial charge is 0.340 e. The second-order valence-electron chi connectivity index (χ2n) is 7.13. The van der Waals surface area contributed by atoms with Crippen molar-refractivity contribution in [3.05, 3.63) is 82.9 Å². The molecule has 144 valence electrons. The highest BCUT2D eigenvalue weighted by atomic mass is 16.6. The second kappa shape index (κ2) is 6.10. The maximum Gasteiger partial charge on any atom is 0.340 e. The van der Waals surface area contributed by atoms with Gasteiger partial charge in [0.05, 0.1) is 12.1 Å². The Balaban J connectivity index is 1.79. The molecule has 1 N–H and O–H groups in total. The third-order valence-electron chi connectivity index (χ3n) is 5.47. The molecule has 1 spiro atoms. The SMILES string of the molecule is CN(CC=O)c1ccc2c(c1)Oc1cc(O)ccc1C21OC(=O)c2ccccc21. The molecule has 0 amide bonds. The zero-order valence-electron chi connectivity index (χ0n) is 15.6. The molecule has 2 aliphatic heterocycles. The number of aldehydes is 1. The Bertz CT molecular complexity index is 1170. The van der Waals surface area contributed by atoms with Crippen LogP contribution >= 0.6 is 0 Å². The monoisotopic (exact) mass is 387 g/mol. The Kier molecular flexibility index (Phi) is 3.64. The van der Waals surface area contributed by atoms with Crippen molar-refractivity contribution >= 4 is 17.9 Å². The third-order valence-corrected chi connectivity index (χ3v) is 5.47. The van der Waals surface area contributed by atoms with Gasteiger partial charge in [0, 0.05) is 41.6 Å². The van der Waals surface area contributed by atoms with Gasteiger partial charge in [0.15, 0.2) is 5.60 Å². The van der Waals surface area contributed by atoms with Gasteiger partial charge in [-0.1, -0.05) is 18.2 Å². The summed E-state index contributed by atoms with van der Waals surface area (Å²) in [5.74, 6) is 0.559. The molecule has 0 saturated heterocycles. The molecule has 0 saturated carbocycles. The summed E-state index contributed by atoms with van der Waals surface area (Å²) in [5.41, 5.74) is 2.20. The van der Waals surface area contributed by atoms with Crippen molar-refractivity contribution in [2.45, 2.75) is 5.60 Å². The molecular weight excluding hydrogens is 370 g/mol. The normalized spacial score (nSPS) is 18.3. The number of rotatable bonds is 3. The summed E-state index contributed by atoms with van der Waals surface area (Å²) >= 11 is 0. The molecular formula is C23H17NO5. The van der Waals surface area contributed by atoms with Gasteiger partial charge < -0.3 is 24.3 Å². The molecule has 3 aromatic rings. The van der Waals surface area contributed by atoms with Crippen LogP contribution in [0.15, 0.2) is 60.7 Å². The average molecular weight is 387 g/mol. The number of carbonyl (C=O) groups is 2. The highest BCUT2D eigenvalue weighted by Gasteiger charge is 2.53. The fourth-order valence-electron chi connectivity index (χ4n) is 4.11.